The molecule has 2 heterocycles. The average molecular weight is 409 g/mol. The molecule has 7 nitrogen and oxygen atoms in total. The summed E-state index contributed by atoms with van der Waals surface area (Å²) in [5.74, 6) is 1.52. The zero-order valence-corrected chi connectivity index (χ0v) is 16.8. The van der Waals surface area contributed by atoms with Crippen molar-refractivity contribution in [1.29, 1.82) is 5.41 Å². The van der Waals surface area contributed by atoms with Crippen molar-refractivity contribution in [3.05, 3.63) is 47.6 Å². The molecule has 4 rings (SSSR count). The standard InChI is InChI=1S/C21H24N6OS/c22-12-16(13-23-14-6-8-17(28)9-7-14)25-21-26-18-10-11-29-19(18)20(27-21)24-15-4-2-1-3-5-15/h6-13,15,22-23,28H,1-5H2,(H2,24,25,26,27)/b16-13+,22-12?. The number of nitrogens with one attached hydrogen (secondary N) is 4. The number of hydrogen-bond donors (Lipinski definition) is 5. The van der Waals surface area contributed by atoms with Gasteiger partial charge in [-0.3, -0.25) is 0 Å². The number of nitrogens with zero attached hydrogens (tertiary/aromatic N) is 2. The van der Waals surface area contributed by atoms with Crippen LogP contribution in [-0.4, -0.2) is 27.3 Å². The van der Waals surface area contributed by atoms with Gasteiger partial charge >= 0.3 is 0 Å². The van der Waals surface area contributed by atoms with Gasteiger partial charge in [-0.05, 0) is 48.6 Å². The van der Waals surface area contributed by atoms with Crippen molar-refractivity contribution in [2.24, 2.45) is 0 Å². The van der Waals surface area contributed by atoms with Crippen molar-refractivity contribution in [3.63, 3.8) is 0 Å². The molecule has 0 aliphatic heterocycles. The van der Waals surface area contributed by atoms with Crippen LogP contribution in [0.2, 0.25) is 0 Å². The molecule has 1 aliphatic carbocycles. The van der Waals surface area contributed by atoms with Gasteiger partial charge in [0.05, 0.1) is 15.9 Å². The van der Waals surface area contributed by atoms with Crippen LogP contribution in [0.1, 0.15) is 32.1 Å². The van der Waals surface area contributed by atoms with Gasteiger partial charge in [-0.1, -0.05) is 19.3 Å². The Hall–Kier alpha value is -3.13. The number of rotatable bonds is 7. The maximum absolute atomic E-state index is 9.37. The zero-order chi connectivity index (χ0) is 20.1. The number of phenols is 1. The minimum absolute atomic E-state index is 0.209. The summed E-state index contributed by atoms with van der Waals surface area (Å²) in [6, 6.07) is 9.16. The number of anilines is 3. The Morgan fingerprint density at radius 3 is 2.66 bits per heavy atom. The Morgan fingerprint density at radius 2 is 1.90 bits per heavy atom. The maximum Gasteiger partial charge on any atom is 0.229 e. The minimum Gasteiger partial charge on any atom is -0.508 e. The van der Waals surface area contributed by atoms with E-state index in [1.165, 1.54) is 38.3 Å². The molecule has 0 bridgehead atoms. The van der Waals surface area contributed by atoms with Gasteiger partial charge in [-0.25, -0.2) is 4.98 Å². The van der Waals surface area contributed by atoms with E-state index >= 15 is 0 Å². The predicted molar refractivity (Wildman–Crippen MR) is 120 cm³/mol. The molecule has 0 radical (unpaired) electrons. The van der Waals surface area contributed by atoms with Crippen LogP contribution in [0, 0.1) is 5.41 Å². The van der Waals surface area contributed by atoms with Crippen LogP contribution in [0.4, 0.5) is 17.5 Å². The molecule has 1 fully saturated rings. The fourth-order valence-corrected chi connectivity index (χ4v) is 4.20. The van der Waals surface area contributed by atoms with E-state index in [1.807, 2.05) is 11.4 Å². The molecule has 3 aromatic rings. The van der Waals surface area contributed by atoms with E-state index in [9.17, 15) is 5.11 Å². The van der Waals surface area contributed by atoms with Crippen LogP contribution in [0.3, 0.4) is 0 Å². The van der Waals surface area contributed by atoms with E-state index in [0.29, 0.717) is 17.7 Å². The second-order valence-electron chi connectivity index (χ2n) is 7.07. The van der Waals surface area contributed by atoms with Gasteiger partial charge < -0.3 is 26.5 Å². The van der Waals surface area contributed by atoms with E-state index < -0.39 is 0 Å². The summed E-state index contributed by atoms with van der Waals surface area (Å²) < 4.78 is 1.06. The fraction of sp³-hybridized carbons (Fsp3) is 0.286. The van der Waals surface area contributed by atoms with Crippen LogP contribution in [0.15, 0.2) is 47.6 Å². The van der Waals surface area contributed by atoms with Crippen LogP contribution in [0.25, 0.3) is 10.2 Å². The lowest BCUT2D eigenvalue weighted by atomic mass is 9.95. The van der Waals surface area contributed by atoms with Gasteiger partial charge in [0, 0.05) is 24.1 Å². The minimum atomic E-state index is 0.209. The SMILES string of the molecule is N=C/C(=C\Nc1ccc(O)cc1)Nc1nc(NC2CCCCC2)c2sccc2n1. The molecule has 150 valence electrons. The third-order valence-electron chi connectivity index (χ3n) is 4.92. The molecule has 1 saturated carbocycles. The number of allylic oxidation sites excluding steroid dienone is 1. The molecule has 0 atom stereocenters. The lowest BCUT2D eigenvalue weighted by Gasteiger charge is -2.23. The Kier molecular flexibility index (Phi) is 5.90. The number of thiophene rings is 1. The van der Waals surface area contributed by atoms with Crippen molar-refractivity contribution in [2.45, 2.75) is 38.1 Å². The van der Waals surface area contributed by atoms with Crippen molar-refractivity contribution < 1.29 is 5.11 Å². The Morgan fingerprint density at radius 1 is 1.10 bits per heavy atom. The van der Waals surface area contributed by atoms with Crippen LogP contribution >= 0.6 is 11.3 Å². The molecular formula is C21H24N6OS. The predicted octanol–water partition coefficient (Wildman–Crippen LogP) is 5.16. The van der Waals surface area contributed by atoms with Crippen molar-refractivity contribution in [2.75, 3.05) is 16.0 Å². The summed E-state index contributed by atoms with van der Waals surface area (Å²) in [6.45, 7) is 0. The van der Waals surface area contributed by atoms with Crippen LogP contribution in [0.5, 0.6) is 5.75 Å². The molecule has 0 amide bonds. The number of aromatic hydroxyl groups is 1. The molecular weight excluding hydrogens is 384 g/mol. The molecule has 0 saturated heterocycles. The highest BCUT2D eigenvalue weighted by Crippen LogP contribution is 2.30. The molecule has 8 heteroatoms. The largest absolute Gasteiger partial charge is 0.508 e. The van der Waals surface area contributed by atoms with E-state index in [1.54, 1.807) is 41.8 Å². The van der Waals surface area contributed by atoms with Crippen molar-refractivity contribution in [3.8, 4) is 5.75 Å². The molecule has 1 aliphatic rings. The number of aromatic nitrogens is 2. The third kappa shape index (κ3) is 4.83. The first-order valence-electron chi connectivity index (χ1n) is 9.76. The first-order valence-corrected chi connectivity index (χ1v) is 10.6. The summed E-state index contributed by atoms with van der Waals surface area (Å²) in [5, 5.41) is 28.9. The highest BCUT2D eigenvalue weighted by molar-refractivity contribution is 7.17. The third-order valence-corrected chi connectivity index (χ3v) is 5.83. The number of fused-ring (bicyclic) bond motifs is 1. The molecule has 2 aromatic heterocycles. The summed E-state index contributed by atoms with van der Waals surface area (Å²) in [6.07, 6.45) is 9.04. The summed E-state index contributed by atoms with van der Waals surface area (Å²) in [5.41, 5.74) is 2.22. The second-order valence-corrected chi connectivity index (χ2v) is 7.99. The quantitative estimate of drug-likeness (QED) is 0.273. The van der Waals surface area contributed by atoms with Crippen molar-refractivity contribution in [1.82, 2.24) is 9.97 Å². The molecule has 0 unspecified atom stereocenters. The summed E-state index contributed by atoms with van der Waals surface area (Å²) in [4.78, 5) is 9.28. The highest BCUT2D eigenvalue weighted by atomic mass is 32.1. The zero-order valence-electron chi connectivity index (χ0n) is 16.0. The fourth-order valence-electron chi connectivity index (χ4n) is 3.42. The summed E-state index contributed by atoms with van der Waals surface area (Å²) >= 11 is 1.64. The molecule has 1 aromatic carbocycles. The Labute approximate surface area is 173 Å². The van der Waals surface area contributed by atoms with Gasteiger partial charge in [0.2, 0.25) is 5.95 Å². The van der Waals surface area contributed by atoms with Gasteiger partial charge in [-0.15, -0.1) is 11.3 Å². The monoisotopic (exact) mass is 408 g/mol. The smallest absolute Gasteiger partial charge is 0.229 e. The highest BCUT2D eigenvalue weighted by Gasteiger charge is 2.17. The van der Waals surface area contributed by atoms with Gasteiger partial charge in [0.1, 0.15) is 11.6 Å². The maximum atomic E-state index is 9.37. The normalized spacial score (nSPS) is 15.2. The van der Waals surface area contributed by atoms with Gasteiger partial charge in [-0.2, -0.15) is 4.98 Å². The molecule has 29 heavy (non-hydrogen) atoms. The number of phenolic OH excluding ortho intramolecular Hbond substituents is 1. The first-order chi connectivity index (χ1) is 14.2. The Balaban J connectivity index is 1.53. The average Bonchev–Trinajstić information content (AvgIpc) is 3.22. The second kappa shape index (κ2) is 8.91. The Bertz CT molecular complexity index is 1010. The van der Waals surface area contributed by atoms with E-state index in [4.69, 9.17) is 10.4 Å². The number of benzene rings is 1. The number of hydrogen-bond acceptors (Lipinski definition) is 8. The lowest BCUT2D eigenvalue weighted by molar-refractivity contribution is 0.462. The topological polar surface area (TPSA) is 106 Å². The van der Waals surface area contributed by atoms with Crippen LogP contribution < -0.4 is 16.0 Å². The van der Waals surface area contributed by atoms with E-state index in [0.717, 1.165) is 21.7 Å². The molecule has 0 spiro atoms. The first kappa shape index (κ1) is 19.2. The molecule has 5 N–H and O–H groups in total. The van der Waals surface area contributed by atoms with Crippen LogP contribution in [-0.2, 0) is 0 Å². The van der Waals surface area contributed by atoms with Crippen molar-refractivity contribution >= 4 is 45.2 Å². The van der Waals surface area contributed by atoms with Gasteiger partial charge in [0.25, 0.3) is 0 Å². The van der Waals surface area contributed by atoms with E-state index in [2.05, 4.69) is 20.9 Å². The van der Waals surface area contributed by atoms with E-state index in [-0.39, 0.29) is 5.75 Å². The lowest BCUT2D eigenvalue weighted by Crippen LogP contribution is -2.23. The van der Waals surface area contributed by atoms with Gasteiger partial charge in [0.15, 0.2) is 0 Å². The summed E-state index contributed by atoms with van der Waals surface area (Å²) in [7, 11) is 0.